The van der Waals surface area contributed by atoms with Crippen LogP contribution in [0.4, 0.5) is 0 Å². The molecule has 0 saturated heterocycles. The lowest BCUT2D eigenvalue weighted by Crippen LogP contribution is -2.39. The molecule has 1 saturated carbocycles. The number of nitrogens with two attached hydrogens (primary N) is 1. The molecule has 5 heteroatoms. The number of aryl methyl sites for hydroxylation is 1. The molecule has 0 radical (unpaired) electrons. The highest BCUT2D eigenvalue weighted by atomic mass is 32.2. The van der Waals surface area contributed by atoms with E-state index in [9.17, 15) is 8.42 Å². The van der Waals surface area contributed by atoms with Crippen molar-refractivity contribution in [3.8, 4) is 0 Å². The Morgan fingerprint density at radius 3 is 2.78 bits per heavy atom. The average molecular weight is 268 g/mol. The van der Waals surface area contributed by atoms with Crippen molar-refractivity contribution in [1.29, 1.82) is 0 Å². The molecule has 0 aliphatic heterocycles. The minimum absolute atomic E-state index is 0.0199. The second-order valence-corrected chi connectivity index (χ2v) is 6.90. The Bertz CT molecular complexity index is 509. The van der Waals surface area contributed by atoms with Gasteiger partial charge in [-0.25, -0.2) is 13.1 Å². The van der Waals surface area contributed by atoms with Gasteiger partial charge in [0.15, 0.2) is 0 Å². The van der Waals surface area contributed by atoms with Crippen LogP contribution in [-0.4, -0.2) is 21.0 Å². The molecular weight excluding hydrogens is 248 g/mol. The van der Waals surface area contributed by atoms with E-state index < -0.39 is 10.0 Å². The predicted octanol–water partition coefficient (Wildman–Crippen LogP) is 1.15. The first-order valence-corrected chi connectivity index (χ1v) is 7.90. The number of rotatable bonds is 6. The third kappa shape index (κ3) is 4.08. The van der Waals surface area contributed by atoms with Crippen LogP contribution in [0.2, 0.25) is 0 Å². The molecule has 1 atom stereocenters. The van der Waals surface area contributed by atoms with E-state index in [0.717, 1.165) is 24.0 Å². The van der Waals surface area contributed by atoms with Crippen LogP contribution in [0.15, 0.2) is 24.3 Å². The number of sulfonamides is 1. The fourth-order valence-electron chi connectivity index (χ4n) is 1.99. The zero-order chi connectivity index (χ0) is 13.2. The van der Waals surface area contributed by atoms with Gasteiger partial charge in [0.1, 0.15) is 0 Å². The summed E-state index contributed by atoms with van der Waals surface area (Å²) in [6, 6.07) is 7.49. The van der Waals surface area contributed by atoms with Crippen LogP contribution in [0.25, 0.3) is 0 Å². The molecule has 0 spiro atoms. The molecule has 1 aromatic rings. The van der Waals surface area contributed by atoms with Crippen LogP contribution in [0, 0.1) is 12.8 Å². The summed E-state index contributed by atoms with van der Waals surface area (Å²) in [5.41, 5.74) is 7.75. The Kier molecular flexibility index (Phi) is 4.04. The summed E-state index contributed by atoms with van der Waals surface area (Å²) in [6.07, 6.45) is 2.25. The van der Waals surface area contributed by atoms with Gasteiger partial charge in [-0.05, 0) is 31.2 Å². The van der Waals surface area contributed by atoms with Crippen molar-refractivity contribution < 1.29 is 8.42 Å². The molecule has 2 rings (SSSR count). The minimum atomic E-state index is -3.28. The van der Waals surface area contributed by atoms with Crippen molar-refractivity contribution >= 4 is 10.0 Å². The normalized spacial score (nSPS) is 17.7. The largest absolute Gasteiger partial charge is 0.326 e. The topological polar surface area (TPSA) is 72.2 Å². The minimum Gasteiger partial charge on any atom is -0.326 e. The van der Waals surface area contributed by atoms with E-state index in [1.165, 1.54) is 0 Å². The van der Waals surface area contributed by atoms with Gasteiger partial charge in [-0.3, -0.25) is 0 Å². The number of nitrogens with one attached hydrogen (secondary N) is 1. The van der Waals surface area contributed by atoms with Gasteiger partial charge in [0, 0.05) is 12.6 Å². The van der Waals surface area contributed by atoms with Crippen LogP contribution < -0.4 is 10.5 Å². The van der Waals surface area contributed by atoms with Gasteiger partial charge in [0.05, 0.1) is 5.75 Å². The molecule has 0 amide bonds. The zero-order valence-electron chi connectivity index (χ0n) is 10.6. The smallest absolute Gasteiger partial charge is 0.215 e. The van der Waals surface area contributed by atoms with Gasteiger partial charge in [0.25, 0.3) is 0 Å². The first-order chi connectivity index (χ1) is 8.46. The Labute approximate surface area is 109 Å². The fraction of sp³-hybridized carbons (Fsp3) is 0.538. The standard InChI is InChI=1S/C13H20N2O2S/c1-10-3-2-4-11(7-10)9-18(16,17)15-8-13(14)12-5-6-12/h2-4,7,12-13,15H,5-6,8-9,14H2,1H3. The Morgan fingerprint density at radius 2 is 2.17 bits per heavy atom. The Hall–Kier alpha value is -0.910. The lowest BCUT2D eigenvalue weighted by Gasteiger charge is -2.12. The second kappa shape index (κ2) is 5.38. The van der Waals surface area contributed by atoms with E-state index >= 15 is 0 Å². The van der Waals surface area contributed by atoms with Crippen molar-refractivity contribution in [2.24, 2.45) is 11.7 Å². The van der Waals surface area contributed by atoms with E-state index in [2.05, 4.69) is 4.72 Å². The summed E-state index contributed by atoms with van der Waals surface area (Å²) in [7, 11) is -3.28. The summed E-state index contributed by atoms with van der Waals surface area (Å²) in [5.74, 6) is 0.526. The molecule has 1 aromatic carbocycles. The Morgan fingerprint density at radius 1 is 1.44 bits per heavy atom. The first-order valence-electron chi connectivity index (χ1n) is 6.25. The number of hydrogen-bond donors (Lipinski definition) is 2. The van der Waals surface area contributed by atoms with Crippen molar-refractivity contribution in [2.45, 2.75) is 31.6 Å². The van der Waals surface area contributed by atoms with E-state index in [0.29, 0.717) is 12.5 Å². The van der Waals surface area contributed by atoms with Gasteiger partial charge in [0.2, 0.25) is 10.0 Å². The molecule has 1 aliphatic rings. The highest BCUT2D eigenvalue weighted by molar-refractivity contribution is 7.88. The third-order valence-electron chi connectivity index (χ3n) is 3.21. The summed E-state index contributed by atoms with van der Waals surface area (Å²) in [5, 5.41) is 0. The number of hydrogen-bond acceptors (Lipinski definition) is 3. The van der Waals surface area contributed by atoms with Crippen molar-refractivity contribution in [3.05, 3.63) is 35.4 Å². The SMILES string of the molecule is Cc1cccc(CS(=O)(=O)NCC(N)C2CC2)c1. The van der Waals surface area contributed by atoms with Gasteiger partial charge >= 0.3 is 0 Å². The van der Waals surface area contributed by atoms with Crippen molar-refractivity contribution in [2.75, 3.05) is 6.54 Å². The van der Waals surface area contributed by atoms with Gasteiger partial charge < -0.3 is 5.73 Å². The molecular formula is C13H20N2O2S. The molecule has 0 aromatic heterocycles. The summed E-state index contributed by atoms with van der Waals surface area (Å²) >= 11 is 0. The quantitative estimate of drug-likeness (QED) is 0.813. The molecule has 100 valence electrons. The highest BCUT2D eigenvalue weighted by Crippen LogP contribution is 2.31. The highest BCUT2D eigenvalue weighted by Gasteiger charge is 2.29. The maximum absolute atomic E-state index is 11.9. The predicted molar refractivity (Wildman–Crippen MR) is 72.5 cm³/mol. The summed E-state index contributed by atoms with van der Waals surface area (Å²) in [4.78, 5) is 0. The van der Waals surface area contributed by atoms with Crippen LogP contribution in [0.1, 0.15) is 24.0 Å². The maximum atomic E-state index is 11.9. The van der Waals surface area contributed by atoms with Crippen LogP contribution in [-0.2, 0) is 15.8 Å². The molecule has 1 aliphatic carbocycles. The van der Waals surface area contributed by atoms with Crippen LogP contribution in [0.5, 0.6) is 0 Å². The lowest BCUT2D eigenvalue weighted by molar-refractivity contribution is 0.547. The van der Waals surface area contributed by atoms with E-state index in [1.807, 2.05) is 31.2 Å². The molecule has 1 unspecified atom stereocenters. The van der Waals surface area contributed by atoms with Crippen molar-refractivity contribution in [1.82, 2.24) is 4.72 Å². The second-order valence-electron chi connectivity index (χ2n) is 5.10. The van der Waals surface area contributed by atoms with Crippen LogP contribution in [0.3, 0.4) is 0 Å². The van der Waals surface area contributed by atoms with Crippen molar-refractivity contribution in [3.63, 3.8) is 0 Å². The molecule has 0 heterocycles. The lowest BCUT2D eigenvalue weighted by atomic mass is 10.2. The van der Waals surface area contributed by atoms with E-state index in [4.69, 9.17) is 5.73 Å². The molecule has 1 fully saturated rings. The maximum Gasteiger partial charge on any atom is 0.215 e. The monoisotopic (exact) mass is 268 g/mol. The third-order valence-corrected chi connectivity index (χ3v) is 4.53. The Balaban J connectivity index is 1.90. The zero-order valence-corrected chi connectivity index (χ0v) is 11.4. The number of benzene rings is 1. The van der Waals surface area contributed by atoms with Crippen LogP contribution >= 0.6 is 0 Å². The summed E-state index contributed by atoms with van der Waals surface area (Å²) < 4.78 is 26.4. The summed E-state index contributed by atoms with van der Waals surface area (Å²) in [6.45, 7) is 2.30. The molecule has 3 N–H and O–H groups in total. The molecule has 0 bridgehead atoms. The average Bonchev–Trinajstić information content (AvgIpc) is 3.09. The van der Waals surface area contributed by atoms with E-state index in [-0.39, 0.29) is 11.8 Å². The molecule has 4 nitrogen and oxygen atoms in total. The van der Waals surface area contributed by atoms with E-state index in [1.54, 1.807) is 0 Å². The van der Waals surface area contributed by atoms with Gasteiger partial charge in [-0.15, -0.1) is 0 Å². The molecule has 18 heavy (non-hydrogen) atoms. The van der Waals surface area contributed by atoms with Gasteiger partial charge in [-0.1, -0.05) is 29.8 Å². The fourth-order valence-corrected chi connectivity index (χ4v) is 3.15. The first kappa shape index (κ1) is 13.5. The van der Waals surface area contributed by atoms with Gasteiger partial charge in [-0.2, -0.15) is 0 Å².